The standard InChI is InChI=1S/C17H26N2O2/c1-14-12-15(19-9-3-7-18-8-10-19)5-6-17(14)21-16-4-2-11-20-13-16/h5-6,12,16,18H,2-4,7-11,13H2,1H3. The van der Waals surface area contributed by atoms with E-state index < -0.39 is 0 Å². The van der Waals surface area contributed by atoms with Crippen LogP contribution in [0.25, 0.3) is 0 Å². The number of benzene rings is 1. The quantitative estimate of drug-likeness (QED) is 0.926. The molecule has 1 N–H and O–H groups in total. The van der Waals surface area contributed by atoms with Crippen LogP contribution in [0.3, 0.4) is 0 Å². The van der Waals surface area contributed by atoms with Gasteiger partial charge in [-0.1, -0.05) is 0 Å². The Kier molecular flexibility index (Phi) is 4.99. The molecular formula is C17H26N2O2. The first-order chi connectivity index (χ1) is 10.3. The lowest BCUT2D eigenvalue weighted by Gasteiger charge is -2.26. The molecule has 2 aliphatic rings. The molecule has 1 aromatic carbocycles. The fourth-order valence-corrected chi connectivity index (χ4v) is 3.05. The first-order valence-electron chi connectivity index (χ1n) is 8.13. The fraction of sp³-hybridized carbons (Fsp3) is 0.647. The Hall–Kier alpha value is -1.26. The zero-order chi connectivity index (χ0) is 14.5. The van der Waals surface area contributed by atoms with E-state index in [1.54, 1.807) is 0 Å². The van der Waals surface area contributed by atoms with E-state index in [2.05, 4.69) is 35.3 Å². The first kappa shape index (κ1) is 14.7. The molecule has 116 valence electrons. The largest absolute Gasteiger partial charge is 0.488 e. The van der Waals surface area contributed by atoms with Crippen molar-refractivity contribution in [1.29, 1.82) is 0 Å². The first-order valence-corrected chi connectivity index (χ1v) is 8.13. The zero-order valence-corrected chi connectivity index (χ0v) is 12.9. The lowest BCUT2D eigenvalue weighted by molar-refractivity contribution is 0.00716. The molecular weight excluding hydrogens is 264 g/mol. The van der Waals surface area contributed by atoms with Crippen LogP contribution in [0, 0.1) is 6.92 Å². The van der Waals surface area contributed by atoms with Crippen LogP contribution in [0.15, 0.2) is 18.2 Å². The number of nitrogens with one attached hydrogen (secondary N) is 1. The summed E-state index contributed by atoms with van der Waals surface area (Å²) < 4.78 is 11.6. The minimum absolute atomic E-state index is 0.214. The molecule has 3 rings (SSSR count). The molecule has 1 atom stereocenters. The third kappa shape index (κ3) is 3.89. The van der Waals surface area contributed by atoms with Gasteiger partial charge in [0.05, 0.1) is 6.61 Å². The van der Waals surface area contributed by atoms with E-state index in [-0.39, 0.29) is 6.10 Å². The predicted molar refractivity (Wildman–Crippen MR) is 85.3 cm³/mol. The van der Waals surface area contributed by atoms with Crippen molar-refractivity contribution >= 4 is 5.69 Å². The van der Waals surface area contributed by atoms with Crippen LogP contribution in [0.5, 0.6) is 5.75 Å². The Morgan fingerprint density at radius 2 is 2.19 bits per heavy atom. The Morgan fingerprint density at radius 3 is 3.00 bits per heavy atom. The van der Waals surface area contributed by atoms with Crippen LogP contribution in [0.2, 0.25) is 0 Å². The predicted octanol–water partition coefficient (Wildman–Crippen LogP) is 2.35. The molecule has 2 aliphatic heterocycles. The lowest BCUT2D eigenvalue weighted by atomic mass is 10.1. The van der Waals surface area contributed by atoms with Gasteiger partial charge >= 0.3 is 0 Å². The summed E-state index contributed by atoms with van der Waals surface area (Å²) in [4.78, 5) is 2.46. The average molecular weight is 290 g/mol. The molecule has 21 heavy (non-hydrogen) atoms. The summed E-state index contributed by atoms with van der Waals surface area (Å²) in [7, 11) is 0. The summed E-state index contributed by atoms with van der Waals surface area (Å²) in [5, 5.41) is 3.45. The smallest absolute Gasteiger partial charge is 0.122 e. The van der Waals surface area contributed by atoms with E-state index in [1.807, 2.05) is 0 Å². The van der Waals surface area contributed by atoms with Crippen LogP contribution in [0.4, 0.5) is 5.69 Å². The summed E-state index contributed by atoms with van der Waals surface area (Å²) in [6.07, 6.45) is 3.61. The Bertz CT molecular complexity index is 450. The second-order valence-electron chi connectivity index (χ2n) is 6.00. The molecule has 0 aliphatic carbocycles. The van der Waals surface area contributed by atoms with Crippen LogP contribution >= 0.6 is 0 Å². The van der Waals surface area contributed by atoms with Gasteiger partial charge in [0.2, 0.25) is 0 Å². The lowest BCUT2D eigenvalue weighted by Crippen LogP contribution is -2.29. The molecule has 2 saturated heterocycles. The Balaban J connectivity index is 1.66. The maximum Gasteiger partial charge on any atom is 0.122 e. The summed E-state index contributed by atoms with van der Waals surface area (Å²) in [5.74, 6) is 1.00. The minimum atomic E-state index is 0.214. The summed E-state index contributed by atoms with van der Waals surface area (Å²) in [6, 6.07) is 6.57. The monoisotopic (exact) mass is 290 g/mol. The number of rotatable bonds is 3. The molecule has 4 nitrogen and oxygen atoms in total. The van der Waals surface area contributed by atoms with E-state index >= 15 is 0 Å². The van der Waals surface area contributed by atoms with Gasteiger partial charge in [-0.15, -0.1) is 0 Å². The Morgan fingerprint density at radius 1 is 1.24 bits per heavy atom. The van der Waals surface area contributed by atoms with Crippen molar-refractivity contribution in [1.82, 2.24) is 5.32 Å². The highest BCUT2D eigenvalue weighted by Gasteiger charge is 2.17. The SMILES string of the molecule is Cc1cc(N2CCCNCC2)ccc1OC1CCCOC1. The highest BCUT2D eigenvalue weighted by atomic mass is 16.5. The molecule has 4 heteroatoms. The van der Waals surface area contributed by atoms with Crippen molar-refractivity contribution in [3.8, 4) is 5.75 Å². The van der Waals surface area contributed by atoms with Crippen LogP contribution in [0.1, 0.15) is 24.8 Å². The molecule has 2 heterocycles. The molecule has 1 unspecified atom stereocenters. The van der Waals surface area contributed by atoms with Crippen molar-refractivity contribution < 1.29 is 9.47 Å². The molecule has 2 fully saturated rings. The molecule has 1 aromatic rings. The van der Waals surface area contributed by atoms with Gasteiger partial charge in [-0.25, -0.2) is 0 Å². The van der Waals surface area contributed by atoms with Gasteiger partial charge in [-0.05, 0) is 56.5 Å². The number of ether oxygens (including phenoxy) is 2. The molecule has 0 amide bonds. The highest BCUT2D eigenvalue weighted by molar-refractivity contribution is 5.53. The van der Waals surface area contributed by atoms with Crippen molar-refractivity contribution in [2.24, 2.45) is 0 Å². The molecule has 0 aromatic heterocycles. The van der Waals surface area contributed by atoms with E-state index in [0.29, 0.717) is 0 Å². The normalized spacial score (nSPS) is 23.7. The number of nitrogens with zero attached hydrogens (tertiary/aromatic N) is 1. The summed E-state index contributed by atoms with van der Waals surface area (Å²) in [6.45, 7) is 8.13. The van der Waals surface area contributed by atoms with E-state index in [9.17, 15) is 0 Å². The Labute approximate surface area is 127 Å². The second kappa shape index (κ2) is 7.14. The highest BCUT2D eigenvalue weighted by Crippen LogP contribution is 2.27. The van der Waals surface area contributed by atoms with Crippen LogP contribution in [-0.2, 0) is 4.74 Å². The van der Waals surface area contributed by atoms with Crippen LogP contribution < -0.4 is 15.0 Å². The van der Waals surface area contributed by atoms with Crippen molar-refractivity contribution in [2.75, 3.05) is 44.3 Å². The average Bonchev–Trinajstić information content (AvgIpc) is 2.79. The second-order valence-corrected chi connectivity index (χ2v) is 6.00. The molecule has 0 radical (unpaired) electrons. The maximum absolute atomic E-state index is 6.10. The number of hydrogen-bond acceptors (Lipinski definition) is 4. The van der Waals surface area contributed by atoms with Crippen molar-refractivity contribution in [3.63, 3.8) is 0 Å². The van der Waals surface area contributed by atoms with Gasteiger partial charge in [0.15, 0.2) is 0 Å². The topological polar surface area (TPSA) is 33.7 Å². The van der Waals surface area contributed by atoms with Gasteiger partial charge in [-0.2, -0.15) is 0 Å². The van der Waals surface area contributed by atoms with Gasteiger partial charge in [-0.3, -0.25) is 0 Å². The number of hydrogen-bond donors (Lipinski definition) is 1. The van der Waals surface area contributed by atoms with Crippen molar-refractivity contribution in [2.45, 2.75) is 32.3 Å². The van der Waals surface area contributed by atoms with Gasteiger partial charge in [0.1, 0.15) is 11.9 Å². The van der Waals surface area contributed by atoms with E-state index in [1.165, 1.54) is 17.7 Å². The van der Waals surface area contributed by atoms with E-state index in [4.69, 9.17) is 9.47 Å². The van der Waals surface area contributed by atoms with Gasteiger partial charge in [0, 0.05) is 31.9 Å². The summed E-state index contributed by atoms with van der Waals surface area (Å²) in [5.41, 5.74) is 2.53. The number of anilines is 1. The molecule has 0 saturated carbocycles. The third-order valence-corrected chi connectivity index (χ3v) is 4.28. The minimum Gasteiger partial charge on any atom is -0.488 e. The maximum atomic E-state index is 6.10. The fourth-order valence-electron chi connectivity index (χ4n) is 3.05. The van der Waals surface area contributed by atoms with Crippen molar-refractivity contribution in [3.05, 3.63) is 23.8 Å². The van der Waals surface area contributed by atoms with Crippen LogP contribution in [-0.4, -0.2) is 45.5 Å². The zero-order valence-electron chi connectivity index (χ0n) is 12.9. The third-order valence-electron chi connectivity index (χ3n) is 4.28. The number of aryl methyl sites for hydroxylation is 1. The molecule has 0 spiro atoms. The van der Waals surface area contributed by atoms with E-state index in [0.717, 1.165) is 58.0 Å². The molecule has 0 bridgehead atoms. The van der Waals surface area contributed by atoms with Gasteiger partial charge < -0.3 is 19.7 Å². The van der Waals surface area contributed by atoms with Gasteiger partial charge in [0.25, 0.3) is 0 Å². The summed E-state index contributed by atoms with van der Waals surface area (Å²) >= 11 is 0.